The minimum absolute atomic E-state index is 0.0685. The number of guanidine groups is 2. The quantitative estimate of drug-likeness (QED) is 0.544. The molecule has 0 spiro atoms. The standard InChI is InChI=1S/C15H24N6O2S/c1-2-12-5-3-4-10-21(12)24(22,23)13-8-6-11(7-9-13)19-15(18)20-14(16)17/h6-9,12H,2-5,10H2,1H3,(H6,16,17,18,19,20). The highest BCUT2D eigenvalue weighted by Crippen LogP contribution is 2.27. The van der Waals surface area contributed by atoms with E-state index in [4.69, 9.17) is 17.2 Å². The normalized spacial score (nSPS) is 19.9. The summed E-state index contributed by atoms with van der Waals surface area (Å²) in [5, 5.41) is 0. The fourth-order valence-corrected chi connectivity index (χ4v) is 4.58. The monoisotopic (exact) mass is 352 g/mol. The molecule has 1 atom stereocenters. The van der Waals surface area contributed by atoms with Crippen molar-refractivity contribution in [1.29, 1.82) is 0 Å². The van der Waals surface area contributed by atoms with E-state index in [1.54, 1.807) is 16.4 Å². The summed E-state index contributed by atoms with van der Waals surface area (Å²) >= 11 is 0. The summed E-state index contributed by atoms with van der Waals surface area (Å²) in [5.41, 5.74) is 16.5. The zero-order valence-corrected chi connectivity index (χ0v) is 14.5. The molecule has 0 radical (unpaired) electrons. The van der Waals surface area contributed by atoms with Crippen molar-refractivity contribution in [2.75, 3.05) is 6.54 Å². The highest BCUT2D eigenvalue weighted by Gasteiger charge is 2.32. The van der Waals surface area contributed by atoms with E-state index < -0.39 is 10.0 Å². The van der Waals surface area contributed by atoms with Crippen LogP contribution in [-0.2, 0) is 10.0 Å². The first kappa shape index (κ1) is 18.2. The summed E-state index contributed by atoms with van der Waals surface area (Å²) in [6.07, 6.45) is 3.69. The van der Waals surface area contributed by atoms with Gasteiger partial charge < -0.3 is 17.2 Å². The number of aliphatic imine (C=N–C) groups is 2. The van der Waals surface area contributed by atoms with Gasteiger partial charge in [-0.2, -0.15) is 9.30 Å². The number of hydrogen-bond donors (Lipinski definition) is 3. The summed E-state index contributed by atoms with van der Waals surface area (Å²) < 4.78 is 27.3. The molecule has 0 amide bonds. The molecular weight excluding hydrogens is 328 g/mol. The molecular formula is C15H24N6O2S. The van der Waals surface area contributed by atoms with Gasteiger partial charge in [0.15, 0.2) is 5.96 Å². The lowest BCUT2D eigenvalue weighted by Crippen LogP contribution is -2.43. The highest BCUT2D eigenvalue weighted by atomic mass is 32.2. The molecule has 8 nitrogen and oxygen atoms in total. The van der Waals surface area contributed by atoms with E-state index in [2.05, 4.69) is 9.98 Å². The van der Waals surface area contributed by atoms with Crippen LogP contribution in [0.25, 0.3) is 0 Å². The van der Waals surface area contributed by atoms with Gasteiger partial charge in [-0.15, -0.1) is 0 Å². The smallest absolute Gasteiger partial charge is 0.243 e. The molecule has 9 heteroatoms. The molecule has 0 bridgehead atoms. The maximum absolute atomic E-state index is 12.8. The second kappa shape index (κ2) is 7.63. The Morgan fingerprint density at radius 3 is 2.46 bits per heavy atom. The van der Waals surface area contributed by atoms with Crippen LogP contribution in [0.1, 0.15) is 32.6 Å². The molecule has 0 aromatic heterocycles. The number of piperidine rings is 1. The average Bonchev–Trinajstić information content (AvgIpc) is 2.54. The van der Waals surface area contributed by atoms with Crippen molar-refractivity contribution in [2.24, 2.45) is 27.2 Å². The third kappa shape index (κ3) is 4.24. The molecule has 132 valence electrons. The molecule has 1 aromatic carbocycles. The lowest BCUT2D eigenvalue weighted by molar-refractivity contribution is 0.246. The van der Waals surface area contributed by atoms with E-state index >= 15 is 0 Å². The van der Waals surface area contributed by atoms with Gasteiger partial charge in [0.1, 0.15) is 0 Å². The van der Waals surface area contributed by atoms with Gasteiger partial charge in [0, 0.05) is 12.6 Å². The number of sulfonamides is 1. The van der Waals surface area contributed by atoms with E-state index in [0.29, 0.717) is 12.2 Å². The maximum atomic E-state index is 12.8. The van der Waals surface area contributed by atoms with E-state index in [-0.39, 0.29) is 22.9 Å². The SMILES string of the molecule is CCC1CCCCN1S(=O)(=O)c1ccc(N=C(N)N=C(N)N)cc1. The van der Waals surface area contributed by atoms with Crippen LogP contribution in [-0.4, -0.2) is 37.2 Å². The van der Waals surface area contributed by atoms with Gasteiger partial charge in [-0.1, -0.05) is 13.3 Å². The highest BCUT2D eigenvalue weighted by molar-refractivity contribution is 7.89. The van der Waals surface area contributed by atoms with Gasteiger partial charge in [-0.25, -0.2) is 13.4 Å². The Kier molecular flexibility index (Phi) is 5.79. The Morgan fingerprint density at radius 1 is 1.21 bits per heavy atom. The molecule has 1 aliphatic heterocycles. The van der Waals surface area contributed by atoms with Crippen LogP contribution in [0, 0.1) is 0 Å². The van der Waals surface area contributed by atoms with Crippen molar-refractivity contribution in [3.8, 4) is 0 Å². The predicted molar refractivity (Wildman–Crippen MR) is 95.4 cm³/mol. The van der Waals surface area contributed by atoms with Crippen molar-refractivity contribution >= 4 is 27.6 Å². The molecule has 1 aromatic rings. The first-order chi connectivity index (χ1) is 11.3. The number of rotatable bonds is 4. The molecule has 1 heterocycles. The zero-order chi connectivity index (χ0) is 17.7. The van der Waals surface area contributed by atoms with Gasteiger partial charge in [-0.3, -0.25) is 0 Å². The molecule has 1 fully saturated rings. The third-order valence-corrected chi connectivity index (χ3v) is 5.94. The van der Waals surface area contributed by atoms with Gasteiger partial charge in [0.25, 0.3) is 0 Å². The number of hydrogen-bond acceptors (Lipinski definition) is 3. The Labute approximate surface area is 142 Å². The van der Waals surface area contributed by atoms with Crippen LogP contribution >= 0.6 is 0 Å². The van der Waals surface area contributed by atoms with Gasteiger partial charge in [0.2, 0.25) is 16.0 Å². The van der Waals surface area contributed by atoms with Crippen LogP contribution in [0.5, 0.6) is 0 Å². The largest absolute Gasteiger partial charge is 0.370 e. The van der Waals surface area contributed by atoms with Crippen molar-refractivity contribution < 1.29 is 8.42 Å². The van der Waals surface area contributed by atoms with Gasteiger partial charge >= 0.3 is 0 Å². The summed E-state index contributed by atoms with van der Waals surface area (Å²) in [6.45, 7) is 2.58. The molecule has 6 N–H and O–H groups in total. The van der Waals surface area contributed by atoms with Crippen LogP contribution in [0.2, 0.25) is 0 Å². The lowest BCUT2D eigenvalue weighted by Gasteiger charge is -2.34. The Morgan fingerprint density at radius 2 is 1.88 bits per heavy atom. The summed E-state index contributed by atoms with van der Waals surface area (Å²) in [4.78, 5) is 7.87. The van der Waals surface area contributed by atoms with Crippen LogP contribution < -0.4 is 17.2 Å². The lowest BCUT2D eigenvalue weighted by atomic mass is 10.0. The Bertz CT molecular complexity index is 723. The summed E-state index contributed by atoms with van der Waals surface area (Å²) in [6, 6.07) is 6.27. The van der Waals surface area contributed by atoms with Crippen LogP contribution in [0.15, 0.2) is 39.1 Å². The van der Waals surface area contributed by atoms with Crippen LogP contribution in [0.3, 0.4) is 0 Å². The fourth-order valence-electron chi connectivity index (χ4n) is 2.82. The Balaban J connectivity index is 2.24. The molecule has 0 saturated carbocycles. The van der Waals surface area contributed by atoms with E-state index in [0.717, 1.165) is 25.7 Å². The molecule has 1 saturated heterocycles. The minimum Gasteiger partial charge on any atom is -0.370 e. The molecule has 1 aliphatic rings. The first-order valence-corrected chi connectivity index (χ1v) is 9.34. The van der Waals surface area contributed by atoms with E-state index in [1.165, 1.54) is 12.1 Å². The van der Waals surface area contributed by atoms with Crippen molar-refractivity contribution in [3.63, 3.8) is 0 Å². The summed E-state index contributed by atoms with van der Waals surface area (Å²) in [5.74, 6) is -0.279. The molecule has 2 rings (SSSR count). The van der Waals surface area contributed by atoms with E-state index in [1.807, 2.05) is 6.92 Å². The van der Waals surface area contributed by atoms with Crippen molar-refractivity contribution in [3.05, 3.63) is 24.3 Å². The maximum Gasteiger partial charge on any atom is 0.243 e. The van der Waals surface area contributed by atoms with Crippen molar-refractivity contribution in [1.82, 2.24) is 4.31 Å². The van der Waals surface area contributed by atoms with Crippen molar-refractivity contribution in [2.45, 2.75) is 43.5 Å². The number of nitrogens with zero attached hydrogens (tertiary/aromatic N) is 3. The predicted octanol–water partition coefficient (Wildman–Crippen LogP) is 0.859. The number of nitrogens with two attached hydrogens (primary N) is 3. The third-order valence-electron chi connectivity index (χ3n) is 3.97. The second-order valence-electron chi connectivity index (χ2n) is 5.67. The minimum atomic E-state index is -3.50. The van der Waals surface area contributed by atoms with Gasteiger partial charge in [-0.05, 0) is 43.5 Å². The average molecular weight is 352 g/mol. The second-order valence-corrected chi connectivity index (χ2v) is 7.56. The van der Waals surface area contributed by atoms with Gasteiger partial charge in [0.05, 0.1) is 10.6 Å². The summed E-state index contributed by atoms with van der Waals surface area (Å²) in [7, 11) is -3.50. The first-order valence-electron chi connectivity index (χ1n) is 7.90. The molecule has 0 aliphatic carbocycles. The zero-order valence-electron chi connectivity index (χ0n) is 13.7. The topological polar surface area (TPSA) is 140 Å². The van der Waals surface area contributed by atoms with E-state index in [9.17, 15) is 8.42 Å². The van der Waals surface area contributed by atoms with Crippen LogP contribution in [0.4, 0.5) is 5.69 Å². The Hall–Kier alpha value is -2.13. The fraction of sp³-hybridized carbons (Fsp3) is 0.467. The number of benzene rings is 1. The molecule has 24 heavy (non-hydrogen) atoms. The molecule has 1 unspecified atom stereocenters.